The molecule has 0 bridgehead atoms. The van der Waals surface area contributed by atoms with Crippen LogP contribution in [0.2, 0.25) is 5.02 Å². The highest BCUT2D eigenvalue weighted by molar-refractivity contribution is 7.92. The minimum absolute atomic E-state index is 0.0406. The van der Waals surface area contributed by atoms with Gasteiger partial charge in [-0.3, -0.25) is 0 Å². The zero-order valence-corrected chi connectivity index (χ0v) is 13.5. The Labute approximate surface area is 128 Å². The van der Waals surface area contributed by atoms with Crippen molar-refractivity contribution in [2.45, 2.75) is 23.8 Å². The fourth-order valence-electron chi connectivity index (χ4n) is 2.15. The molecule has 1 aliphatic rings. The predicted octanol–water partition coefficient (Wildman–Crippen LogP) is -0.124. The fourth-order valence-corrected chi connectivity index (χ4v) is 6.02. The molecule has 0 amide bonds. The van der Waals surface area contributed by atoms with Crippen LogP contribution >= 0.6 is 11.6 Å². The van der Waals surface area contributed by atoms with E-state index in [1.54, 1.807) is 6.92 Å². The Bertz CT molecular complexity index is 765. The highest BCUT2D eigenvalue weighted by atomic mass is 35.5. The largest absolute Gasteiger partial charge is 0.307 e. The van der Waals surface area contributed by atoms with Crippen LogP contribution < -0.4 is 16.0 Å². The number of sulfone groups is 1. The van der Waals surface area contributed by atoms with Crippen LogP contribution in [-0.2, 0) is 19.9 Å². The van der Waals surface area contributed by atoms with Crippen molar-refractivity contribution in [3.8, 4) is 0 Å². The van der Waals surface area contributed by atoms with Crippen molar-refractivity contribution in [3.63, 3.8) is 0 Å². The molecular formula is C10H15ClN4O4S2. The van der Waals surface area contributed by atoms with Crippen molar-refractivity contribution in [1.82, 2.24) is 9.71 Å². The van der Waals surface area contributed by atoms with Gasteiger partial charge in [0, 0.05) is 11.7 Å². The lowest BCUT2D eigenvalue weighted by Gasteiger charge is -2.23. The van der Waals surface area contributed by atoms with Crippen LogP contribution in [-0.4, -0.2) is 38.9 Å². The zero-order chi connectivity index (χ0) is 15.9. The number of nitrogens with one attached hydrogen (secondary N) is 2. The summed E-state index contributed by atoms with van der Waals surface area (Å²) in [5.41, 5.74) is 1.19. The smallest absolute Gasteiger partial charge is 0.242 e. The van der Waals surface area contributed by atoms with Gasteiger partial charge in [0.05, 0.1) is 16.5 Å². The van der Waals surface area contributed by atoms with Gasteiger partial charge in [-0.2, -0.15) is 0 Å². The highest BCUT2D eigenvalue weighted by Crippen LogP contribution is 2.27. The monoisotopic (exact) mass is 354 g/mol. The van der Waals surface area contributed by atoms with Gasteiger partial charge in [0.25, 0.3) is 0 Å². The molecule has 21 heavy (non-hydrogen) atoms. The second-order valence-corrected chi connectivity index (χ2v) is 9.43. The lowest BCUT2D eigenvalue weighted by Crippen LogP contribution is -2.46. The molecule has 1 atom stereocenters. The van der Waals surface area contributed by atoms with Crippen LogP contribution in [0, 0.1) is 0 Å². The number of pyridine rings is 1. The molecule has 0 radical (unpaired) electrons. The minimum atomic E-state index is -3.93. The Morgan fingerprint density at radius 1 is 1.48 bits per heavy atom. The minimum Gasteiger partial charge on any atom is -0.307 e. The van der Waals surface area contributed by atoms with E-state index in [-0.39, 0.29) is 33.7 Å². The molecule has 118 valence electrons. The number of aromatic nitrogens is 1. The SMILES string of the molecule is CC1(NS(=O)(=O)c2cnc(NN)c(Cl)c2)CCS(=O)(=O)C1. The van der Waals surface area contributed by atoms with E-state index in [1.165, 1.54) is 6.07 Å². The van der Waals surface area contributed by atoms with E-state index in [9.17, 15) is 16.8 Å². The molecule has 2 rings (SSSR count). The molecule has 1 aliphatic heterocycles. The number of nitrogens with zero attached hydrogens (tertiary/aromatic N) is 1. The molecule has 0 aliphatic carbocycles. The molecular weight excluding hydrogens is 340 g/mol. The van der Waals surface area contributed by atoms with Gasteiger partial charge in [-0.05, 0) is 19.4 Å². The molecule has 4 N–H and O–H groups in total. The molecule has 1 fully saturated rings. The summed E-state index contributed by atoms with van der Waals surface area (Å²) in [7, 11) is -7.15. The molecule has 0 spiro atoms. The quantitative estimate of drug-likeness (QED) is 0.507. The molecule has 1 aromatic rings. The maximum Gasteiger partial charge on any atom is 0.242 e. The van der Waals surface area contributed by atoms with Gasteiger partial charge in [-0.25, -0.2) is 32.4 Å². The Morgan fingerprint density at radius 3 is 2.62 bits per heavy atom. The Kier molecular flexibility index (Phi) is 4.19. The maximum atomic E-state index is 12.3. The van der Waals surface area contributed by atoms with Crippen LogP contribution in [0.25, 0.3) is 0 Å². The third kappa shape index (κ3) is 3.64. The summed E-state index contributed by atoms with van der Waals surface area (Å²) in [6, 6.07) is 1.19. The average molecular weight is 355 g/mol. The summed E-state index contributed by atoms with van der Waals surface area (Å²) in [6.45, 7) is 1.56. The van der Waals surface area contributed by atoms with E-state index in [4.69, 9.17) is 17.4 Å². The number of hydrazine groups is 1. The van der Waals surface area contributed by atoms with Gasteiger partial charge in [0.1, 0.15) is 4.90 Å². The van der Waals surface area contributed by atoms with Crippen LogP contribution in [0.4, 0.5) is 5.82 Å². The molecule has 8 nitrogen and oxygen atoms in total. The summed E-state index contributed by atoms with van der Waals surface area (Å²) in [4.78, 5) is 3.63. The lowest BCUT2D eigenvalue weighted by molar-refractivity contribution is 0.461. The first-order valence-electron chi connectivity index (χ1n) is 5.93. The van der Waals surface area contributed by atoms with Crippen LogP contribution in [0.3, 0.4) is 0 Å². The number of anilines is 1. The van der Waals surface area contributed by atoms with E-state index in [1.807, 2.05) is 0 Å². The number of sulfonamides is 1. The van der Waals surface area contributed by atoms with Crippen LogP contribution in [0.1, 0.15) is 13.3 Å². The molecule has 1 aromatic heterocycles. The first-order chi connectivity index (χ1) is 9.57. The average Bonchev–Trinajstić information content (AvgIpc) is 2.62. The fraction of sp³-hybridized carbons (Fsp3) is 0.500. The van der Waals surface area contributed by atoms with Gasteiger partial charge in [0.15, 0.2) is 15.7 Å². The van der Waals surface area contributed by atoms with Crippen molar-refractivity contribution in [1.29, 1.82) is 0 Å². The normalized spacial score (nSPS) is 24.9. The maximum absolute atomic E-state index is 12.3. The van der Waals surface area contributed by atoms with Crippen molar-refractivity contribution in [3.05, 3.63) is 17.3 Å². The van der Waals surface area contributed by atoms with Gasteiger partial charge in [-0.15, -0.1) is 0 Å². The summed E-state index contributed by atoms with van der Waals surface area (Å²) in [6.07, 6.45) is 1.31. The van der Waals surface area contributed by atoms with Gasteiger partial charge in [0.2, 0.25) is 10.0 Å². The topological polar surface area (TPSA) is 131 Å². The van der Waals surface area contributed by atoms with E-state index >= 15 is 0 Å². The zero-order valence-electron chi connectivity index (χ0n) is 11.1. The lowest BCUT2D eigenvalue weighted by atomic mass is 10.0. The molecule has 1 unspecified atom stereocenters. The van der Waals surface area contributed by atoms with Gasteiger partial charge >= 0.3 is 0 Å². The number of rotatable bonds is 4. The second kappa shape index (κ2) is 5.36. The van der Waals surface area contributed by atoms with Crippen LogP contribution in [0.15, 0.2) is 17.2 Å². The summed E-state index contributed by atoms with van der Waals surface area (Å²) in [5, 5.41) is 0.0459. The predicted molar refractivity (Wildman–Crippen MR) is 79.1 cm³/mol. The second-order valence-electron chi connectivity index (χ2n) is 5.15. The molecule has 0 saturated carbocycles. The van der Waals surface area contributed by atoms with Gasteiger partial charge in [-0.1, -0.05) is 11.6 Å². The number of hydrogen-bond acceptors (Lipinski definition) is 7. The standard InChI is InChI=1S/C10H15ClN4O4S2/c1-10(2-3-20(16,17)6-10)15-21(18,19)7-4-8(11)9(14-12)13-5-7/h4-5,15H,2-3,6,12H2,1H3,(H,13,14). The molecule has 2 heterocycles. The Balaban J connectivity index is 2.29. The number of nitrogens with two attached hydrogens (primary N) is 1. The highest BCUT2D eigenvalue weighted by Gasteiger charge is 2.41. The molecule has 11 heteroatoms. The third-order valence-corrected chi connectivity index (χ3v) is 6.94. The van der Waals surface area contributed by atoms with Crippen molar-refractivity contribution in [2.75, 3.05) is 16.9 Å². The molecule has 1 saturated heterocycles. The van der Waals surface area contributed by atoms with Crippen LogP contribution in [0.5, 0.6) is 0 Å². The van der Waals surface area contributed by atoms with Crippen molar-refractivity contribution >= 4 is 37.3 Å². The first kappa shape index (κ1) is 16.4. The number of halogens is 1. The third-order valence-electron chi connectivity index (χ3n) is 3.15. The summed E-state index contributed by atoms with van der Waals surface area (Å²) in [5.74, 6) is 5.03. The van der Waals surface area contributed by atoms with Crippen molar-refractivity contribution < 1.29 is 16.8 Å². The summed E-state index contributed by atoms with van der Waals surface area (Å²) >= 11 is 5.84. The number of nitrogen functional groups attached to an aromatic ring is 1. The molecule has 0 aromatic carbocycles. The van der Waals surface area contributed by atoms with Crippen molar-refractivity contribution in [2.24, 2.45) is 5.84 Å². The van der Waals surface area contributed by atoms with E-state index in [0.29, 0.717) is 0 Å². The number of hydrogen-bond donors (Lipinski definition) is 3. The van der Waals surface area contributed by atoms with E-state index in [2.05, 4.69) is 15.1 Å². The first-order valence-corrected chi connectivity index (χ1v) is 9.62. The Hall–Kier alpha value is -0.940. The van der Waals surface area contributed by atoms with E-state index in [0.717, 1.165) is 6.20 Å². The van der Waals surface area contributed by atoms with Gasteiger partial charge < -0.3 is 5.43 Å². The van der Waals surface area contributed by atoms with E-state index < -0.39 is 25.4 Å². The Morgan fingerprint density at radius 2 is 2.14 bits per heavy atom. The summed E-state index contributed by atoms with van der Waals surface area (Å²) < 4.78 is 50.0.